The fourth-order valence-corrected chi connectivity index (χ4v) is 4.74. The molecule has 3 nitrogen and oxygen atoms in total. The van der Waals surface area contributed by atoms with Gasteiger partial charge in [0.25, 0.3) is 5.91 Å². The van der Waals surface area contributed by atoms with Gasteiger partial charge < -0.3 is 9.88 Å². The minimum atomic E-state index is -0.241. The first-order valence-electron chi connectivity index (χ1n) is 9.01. The number of thiophene rings is 1. The van der Waals surface area contributed by atoms with Crippen LogP contribution in [0.2, 0.25) is 10.0 Å². The minimum Gasteiger partial charge on any atom is -0.339 e. The first kappa shape index (κ1) is 19.8. The molecule has 0 aliphatic carbocycles. The van der Waals surface area contributed by atoms with Gasteiger partial charge in [0.1, 0.15) is 0 Å². The lowest BCUT2D eigenvalue weighted by molar-refractivity contribution is -0.111. The van der Waals surface area contributed by atoms with Gasteiger partial charge in [0.2, 0.25) is 0 Å². The highest BCUT2D eigenvalue weighted by Gasteiger charge is 2.21. The smallest absolute Gasteiger partial charge is 0.255 e. The summed E-state index contributed by atoms with van der Waals surface area (Å²) in [6, 6.07) is 17.0. The molecular weight excluding hydrogens is 423 g/mol. The number of anilines is 1. The van der Waals surface area contributed by atoms with Crippen LogP contribution in [0, 0.1) is 6.92 Å². The van der Waals surface area contributed by atoms with Crippen LogP contribution in [-0.4, -0.2) is 10.5 Å². The van der Waals surface area contributed by atoms with Crippen molar-refractivity contribution in [3.8, 4) is 0 Å². The number of nitrogens with zero attached hydrogens (tertiary/aromatic N) is 1. The van der Waals surface area contributed by atoms with E-state index in [2.05, 4.69) is 22.5 Å². The predicted molar refractivity (Wildman–Crippen MR) is 124 cm³/mol. The van der Waals surface area contributed by atoms with Crippen molar-refractivity contribution in [2.24, 2.45) is 0 Å². The normalized spacial score (nSPS) is 11.0. The number of hydrogen-bond donors (Lipinski definition) is 1. The van der Waals surface area contributed by atoms with E-state index in [1.807, 2.05) is 36.6 Å². The summed E-state index contributed by atoms with van der Waals surface area (Å²) in [5, 5.41) is 6.21. The fraction of sp³-hybridized carbons (Fsp3) is 0.0870. The maximum absolute atomic E-state index is 12.9. The number of nitrogens with one attached hydrogen (secondary N) is 1. The third kappa shape index (κ3) is 3.97. The third-order valence-electron chi connectivity index (χ3n) is 4.84. The van der Waals surface area contributed by atoms with E-state index in [4.69, 9.17) is 23.2 Å². The number of fused-ring (bicyclic) bond motifs is 1. The van der Waals surface area contributed by atoms with Crippen LogP contribution in [0.15, 0.2) is 66.6 Å². The zero-order valence-electron chi connectivity index (χ0n) is 15.7. The van der Waals surface area contributed by atoms with Crippen LogP contribution in [-0.2, 0) is 11.3 Å². The second-order valence-electron chi connectivity index (χ2n) is 6.75. The Labute approximate surface area is 183 Å². The summed E-state index contributed by atoms with van der Waals surface area (Å²) >= 11 is 13.6. The van der Waals surface area contributed by atoms with Crippen LogP contribution in [0.3, 0.4) is 0 Å². The number of halogens is 2. The Morgan fingerprint density at radius 2 is 1.86 bits per heavy atom. The fourth-order valence-electron chi connectivity index (χ4n) is 3.40. The Kier molecular flexibility index (Phi) is 5.50. The SMILES string of the molecule is C=C(C(=O)Nc1cccc(Cl)c1)c1c(C)n(Cc2ccc(Cl)cc2)c2ccsc12. The van der Waals surface area contributed by atoms with Crippen molar-refractivity contribution in [1.82, 2.24) is 4.57 Å². The van der Waals surface area contributed by atoms with Crippen LogP contribution >= 0.6 is 34.5 Å². The minimum absolute atomic E-state index is 0.241. The van der Waals surface area contributed by atoms with E-state index in [1.54, 1.807) is 35.6 Å². The van der Waals surface area contributed by atoms with Crippen molar-refractivity contribution in [2.45, 2.75) is 13.5 Å². The second-order valence-corrected chi connectivity index (χ2v) is 8.54. The molecule has 0 fully saturated rings. The summed E-state index contributed by atoms with van der Waals surface area (Å²) < 4.78 is 3.27. The van der Waals surface area contributed by atoms with Crippen LogP contribution in [0.4, 0.5) is 5.69 Å². The molecule has 6 heteroatoms. The average molecular weight is 441 g/mol. The van der Waals surface area contributed by atoms with Crippen molar-refractivity contribution in [3.63, 3.8) is 0 Å². The van der Waals surface area contributed by atoms with Gasteiger partial charge >= 0.3 is 0 Å². The second kappa shape index (κ2) is 8.07. The van der Waals surface area contributed by atoms with E-state index in [9.17, 15) is 4.79 Å². The Bertz CT molecular complexity index is 1220. The highest BCUT2D eigenvalue weighted by atomic mass is 35.5. The quantitative estimate of drug-likeness (QED) is 0.332. The molecule has 0 bridgehead atoms. The summed E-state index contributed by atoms with van der Waals surface area (Å²) in [7, 11) is 0. The maximum Gasteiger partial charge on any atom is 0.255 e. The van der Waals surface area contributed by atoms with Crippen molar-refractivity contribution in [2.75, 3.05) is 5.32 Å². The molecule has 4 aromatic rings. The van der Waals surface area contributed by atoms with E-state index in [0.717, 1.165) is 27.0 Å². The third-order valence-corrected chi connectivity index (χ3v) is 6.25. The van der Waals surface area contributed by atoms with E-state index < -0.39 is 0 Å². The number of aromatic nitrogens is 1. The monoisotopic (exact) mass is 440 g/mol. The molecule has 0 aliphatic rings. The lowest BCUT2D eigenvalue weighted by Crippen LogP contribution is -2.13. The van der Waals surface area contributed by atoms with Gasteiger partial charge in [-0.1, -0.05) is 48.0 Å². The molecule has 0 saturated carbocycles. The molecular formula is C23H18Cl2N2OS. The van der Waals surface area contributed by atoms with Gasteiger partial charge in [-0.05, 0) is 54.3 Å². The molecule has 2 aromatic carbocycles. The number of carbonyl (C=O) groups is 1. The molecule has 0 radical (unpaired) electrons. The highest BCUT2D eigenvalue weighted by molar-refractivity contribution is 7.17. The van der Waals surface area contributed by atoms with Gasteiger partial charge in [0.15, 0.2) is 0 Å². The van der Waals surface area contributed by atoms with Gasteiger partial charge in [-0.2, -0.15) is 0 Å². The summed E-state index contributed by atoms with van der Waals surface area (Å²) in [6.07, 6.45) is 0. The van der Waals surface area contributed by atoms with E-state index >= 15 is 0 Å². The molecule has 2 aromatic heterocycles. The van der Waals surface area contributed by atoms with Crippen molar-refractivity contribution in [3.05, 3.63) is 93.4 Å². The van der Waals surface area contributed by atoms with Crippen molar-refractivity contribution in [1.29, 1.82) is 0 Å². The summed E-state index contributed by atoms with van der Waals surface area (Å²) in [6.45, 7) is 6.81. The molecule has 2 heterocycles. The number of carbonyl (C=O) groups excluding carboxylic acids is 1. The largest absolute Gasteiger partial charge is 0.339 e. The van der Waals surface area contributed by atoms with Gasteiger partial charge in [0.05, 0.1) is 10.2 Å². The Morgan fingerprint density at radius 3 is 2.59 bits per heavy atom. The van der Waals surface area contributed by atoms with Crippen LogP contribution in [0.5, 0.6) is 0 Å². The molecule has 0 saturated heterocycles. The summed E-state index contributed by atoms with van der Waals surface area (Å²) in [4.78, 5) is 12.9. The number of amides is 1. The standard InChI is InChI=1S/C23H18Cl2N2OS/c1-14(23(28)26-19-5-3-4-18(25)12-19)21-15(2)27(20-10-11-29-22(20)21)13-16-6-8-17(24)9-7-16/h3-12H,1,13H2,2H3,(H,26,28). The summed E-state index contributed by atoms with van der Waals surface area (Å²) in [5.41, 5.74) is 5.20. The van der Waals surface area contributed by atoms with Crippen molar-refractivity contribution >= 4 is 61.9 Å². The number of rotatable bonds is 5. The van der Waals surface area contributed by atoms with E-state index in [1.165, 1.54) is 0 Å². The van der Waals surface area contributed by atoms with Crippen LogP contribution in [0.1, 0.15) is 16.8 Å². The van der Waals surface area contributed by atoms with Crippen molar-refractivity contribution < 1.29 is 4.79 Å². The predicted octanol–water partition coefficient (Wildman–Crippen LogP) is 7.02. The molecule has 0 spiro atoms. The van der Waals surface area contributed by atoms with Gasteiger partial charge in [-0.15, -0.1) is 11.3 Å². The summed E-state index contributed by atoms with van der Waals surface area (Å²) in [5.74, 6) is -0.241. The zero-order chi connectivity index (χ0) is 20.5. The van der Waals surface area contributed by atoms with Gasteiger partial charge in [-0.3, -0.25) is 4.79 Å². The first-order valence-corrected chi connectivity index (χ1v) is 10.6. The number of benzene rings is 2. The molecule has 0 unspecified atom stereocenters. The van der Waals surface area contributed by atoms with Gasteiger partial charge in [0, 0.05) is 39.1 Å². The molecule has 4 rings (SSSR count). The lowest BCUT2D eigenvalue weighted by atomic mass is 10.1. The average Bonchev–Trinajstić information content (AvgIpc) is 3.25. The van der Waals surface area contributed by atoms with Crippen LogP contribution in [0.25, 0.3) is 15.8 Å². The molecule has 146 valence electrons. The highest BCUT2D eigenvalue weighted by Crippen LogP contribution is 2.35. The van der Waals surface area contributed by atoms with E-state index in [-0.39, 0.29) is 5.91 Å². The van der Waals surface area contributed by atoms with Gasteiger partial charge in [-0.25, -0.2) is 0 Å². The Morgan fingerprint density at radius 1 is 1.10 bits per heavy atom. The first-order chi connectivity index (χ1) is 13.9. The lowest BCUT2D eigenvalue weighted by Gasteiger charge is -2.11. The zero-order valence-corrected chi connectivity index (χ0v) is 18.0. The Balaban J connectivity index is 1.67. The van der Waals surface area contributed by atoms with Crippen LogP contribution < -0.4 is 5.32 Å². The molecule has 29 heavy (non-hydrogen) atoms. The topological polar surface area (TPSA) is 34.0 Å². The molecule has 1 amide bonds. The molecule has 1 N–H and O–H groups in total. The molecule has 0 atom stereocenters. The molecule has 0 aliphatic heterocycles. The van der Waals surface area contributed by atoms with E-state index in [0.29, 0.717) is 27.9 Å². The Hall–Kier alpha value is -2.53. The number of hydrogen-bond acceptors (Lipinski definition) is 2. The maximum atomic E-state index is 12.9.